The van der Waals surface area contributed by atoms with Crippen molar-refractivity contribution in [3.05, 3.63) is 0 Å². The molecule has 0 aromatic carbocycles. The van der Waals surface area contributed by atoms with Gasteiger partial charge in [-0.25, -0.2) is 0 Å². The van der Waals surface area contributed by atoms with Crippen molar-refractivity contribution in [2.45, 2.75) is 169 Å². The highest BCUT2D eigenvalue weighted by Gasteiger charge is 2.28. The highest BCUT2D eigenvalue weighted by atomic mass is 16.6. The number of carbonyl (C=O) groups excluding carboxylic acids is 2. The minimum atomic E-state index is -0.464. The molecule has 2 unspecified atom stereocenters. The van der Waals surface area contributed by atoms with Gasteiger partial charge in [0.25, 0.3) is 0 Å². The lowest BCUT2D eigenvalue weighted by Crippen LogP contribution is -2.48. The van der Waals surface area contributed by atoms with Crippen molar-refractivity contribution < 1.29 is 28.5 Å². The highest BCUT2D eigenvalue weighted by Crippen LogP contribution is 2.23. The number of hydrogen-bond acceptors (Lipinski definition) is 7. The van der Waals surface area contributed by atoms with Crippen molar-refractivity contribution in [3.8, 4) is 0 Å². The van der Waals surface area contributed by atoms with Crippen LogP contribution in [0.2, 0.25) is 0 Å². The minimum Gasteiger partial charge on any atom is -0.460 e. The lowest BCUT2D eigenvalue weighted by atomic mass is 9.93. The molecule has 0 radical (unpaired) electrons. The molecule has 0 bridgehead atoms. The molecule has 0 aliphatic rings. The molecular formula is C30H59NO6. The van der Waals surface area contributed by atoms with Crippen LogP contribution in [0.15, 0.2) is 0 Å². The van der Waals surface area contributed by atoms with E-state index >= 15 is 0 Å². The van der Waals surface area contributed by atoms with Crippen LogP contribution in [-0.2, 0) is 28.5 Å². The molecule has 220 valence electrons. The summed E-state index contributed by atoms with van der Waals surface area (Å²) in [6, 6.07) is 0.270. The molecule has 0 amide bonds. The first kappa shape index (κ1) is 35.8. The van der Waals surface area contributed by atoms with E-state index in [1.54, 1.807) is 0 Å². The Morgan fingerprint density at radius 2 is 1.08 bits per heavy atom. The number of esters is 2. The lowest BCUT2D eigenvalue weighted by Gasteiger charge is -2.35. The maximum Gasteiger partial charge on any atom is 0.306 e. The molecule has 1 N–H and O–H groups in total. The standard InChI is InChI=1S/C30H59NO6/c1-14-30(13,20-22-35-29(11,12)19-16-25(33)37-27(6,7)8)31-23(2)17-21-34-28(9,10)18-15-24(32)36-26(3,4)5/h23,31H,14-22H2,1-13H3. The summed E-state index contributed by atoms with van der Waals surface area (Å²) in [5.74, 6) is -0.374. The van der Waals surface area contributed by atoms with Crippen molar-refractivity contribution >= 4 is 11.9 Å². The van der Waals surface area contributed by atoms with Gasteiger partial charge in [0.2, 0.25) is 0 Å². The zero-order chi connectivity index (χ0) is 29.1. The summed E-state index contributed by atoms with van der Waals surface area (Å²) < 4.78 is 23.1. The maximum absolute atomic E-state index is 12.1. The Hall–Kier alpha value is -1.18. The number of carbonyl (C=O) groups is 2. The molecule has 0 aliphatic heterocycles. The summed E-state index contributed by atoms with van der Waals surface area (Å²) in [7, 11) is 0. The van der Waals surface area contributed by atoms with Crippen LogP contribution in [-0.4, -0.2) is 59.1 Å². The molecule has 0 rings (SSSR count). The summed E-state index contributed by atoms with van der Waals surface area (Å²) >= 11 is 0. The van der Waals surface area contributed by atoms with Gasteiger partial charge in [0.1, 0.15) is 11.2 Å². The second-order valence-corrected chi connectivity index (χ2v) is 13.9. The fourth-order valence-corrected chi connectivity index (χ4v) is 3.82. The summed E-state index contributed by atoms with van der Waals surface area (Å²) in [4.78, 5) is 24.1. The molecule has 7 nitrogen and oxygen atoms in total. The van der Waals surface area contributed by atoms with E-state index in [2.05, 4.69) is 26.1 Å². The third kappa shape index (κ3) is 19.5. The average molecular weight is 530 g/mol. The summed E-state index contributed by atoms with van der Waals surface area (Å²) in [6.07, 6.45) is 4.65. The highest BCUT2D eigenvalue weighted by molar-refractivity contribution is 5.70. The van der Waals surface area contributed by atoms with Crippen molar-refractivity contribution in [1.82, 2.24) is 5.32 Å². The van der Waals surface area contributed by atoms with E-state index in [4.69, 9.17) is 18.9 Å². The van der Waals surface area contributed by atoms with Gasteiger partial charge in [-0.1, -0.05) is 6.92 Å². The molecule has 0 heterocycles. The smallest absolute Gasteiger partial charge is 0.306 e. The maximum atomic E-state index is 12.1. The molecule has 0 aliphatic carbocycles. The molecule has 0 saturated carbocycles. The van der Waals surface area contributed by atoms with Crippen LogP contribution in [0.4, 0.5) is 0 Å². The normalized spacial score (nSPS) is 15.7. The number of nitrogens with one attached hydrogen (secondary N) is 1. The summed E-state index contributed by atoms with van der Waals surface area (Å²) in [6.45, 7) is 27.2. The summed E-state index contributed by atoms with van der Waals surface area (Å²) in [5, 5.41) is 3.76. The quantitative estimate of drug-likeness (QED) is 0.209. The second-order valence-electron chi connectivity index (χ2n) is 13.9. The average Bonchev–Trinajstić information content (AvgIpc) is 2.68. The molecule has 37 heavy (non-hydrogen) atoms. The second kappa shape index (κ2) is 14.8. The van der Waals surface area contributed by atoms with Crippen molar-refractivity contribution in [1.29, 1.82) is 0 Å². The number of ether oxygens (including phenoxy) is 4. The van der Waals surface area contributed by atoms with Gasteiger partial charge in [-0.15, -0.1) is 0 Å². The molecule has 0 fully saturated rings. The van der Waals surface area contributed by atoms with Crippen LogP contribution in [0, 0.1) is 0 Å². The van der Waals surface area contributed by atoms with E-state index in [0.29, 0.717) is 38.9 Å². The molecule has 2 atom stereocenters. The molecule has 0 spiro atoms. The van der Waals surface area contributed by atoms with E-state index in [-0.39, 0.29) is 29.1 Å². The largest absolute Gasteiger partial charge is 0.460 e. The predicted octanol–water partition coefficient (Wildman–Crippen LogP) is 6.75. The molecular weight excluding hydrogens is 470 g/mol. The third-order valence-electron chi connectivity index (χ3n) is 6.27. The molecule has 7 heteroatoms. The molecule has 0 saturated heterocycles. The van der Waals surface area contributed by atoms with Gasteiger partial charge in [0.05, 0.1) is 11.2 Å². The number of rotatable bonds is 17. The minimum absolute atomic E-state index is 0.0626. The van der Waals surface area contributed by atoms with Crippen LogP contribution >= 0.6 is 0 Å². The summed E-state index contributed by atoms with van der Waals surface area (Å²) in [5.41, 5.74) is -1.77. The Morgan fingerprint density at radius 3 is 1.46 bits per heavy atom. The van der Waals surface area contributed by atoms with E-state index in [1.165, 1.54) is 0 Å². The van der Waals surface area contributed by atoms with Gasteiger partial charge in [-0.2, -0.15) is 0 Å². The topological polar surface area (TPSA) is 83.1 Å². The van der Waals surface area contributed by atoms with Crippen molar-refractivity contribution in [2.75, 3.05) is 13.2 Å². The van der Waals surface area contributed by atoms with Crippen LogP contribution in [0.3, 0.4) is 0 Å². The van der Waals surface area contributed by atoms with Crippen molar-refractivity contribution in [3.63, 3.8) is 0 Å². The monoisotopic (exact) mass is 529 g/mol. The van der Waals surface area contributed by atoms with Crippen LogP contribution < -0.4 is 5.32 Å². The fourth-order valence-electron chi connectivity index (χ4n) is 3.82. The van der Waals surface area contributed by atoms with Gasteiger partial charge in [-0.3, -0.25) is 9.59 Å². The van der Waals surface area contributed by atoms with Crippen LogP contribution in [0.1, 0.15) is 135 Å². The van der Waals surface area contributed by atoms with Gasteiger partial charge in [0, 0.05) is 37.6 Å². The SMILES string of the molecule is CCC(C)(CCOC(C)(C)CCC(=O)OC(C)(C)C)NC(C)CCOC(C)(C)CCC(=O)OC(C)(C)C. The molecule has 0 aromatic heterocycles. The predicted molar refractivity (Wildman–Crippen MR) is 151 cm³/mol. The Balaban J connectivity index is 4.46. The van der Waals surface area contributed by atoms with Crippen molar-refractivity contribution in [2.24, 2.45) is 0 Å². The van der Waals surface area contributed by atoms with E-state index in [0.717, 1.165) is 19.3 Å². The Morgan fingerprint density at radius 1 is 0.676 bits per heavy atom. The van der Waals surface area contributed by atoms with E-state index in [9.17, 15) is 9.59 Å². The first-order chi connectivity index (χ1) is 16.6. The van der Waals surface area contributed by atoms with Crippen LogP contribution in [0.25, 0.3) is 0 Å². The van der Waals surface area contributed by atoms with Gasteiger partial charge in [-0.05, 0) is 115 Å². The zero-order valence-electron chi connectivity index (χ0n) is 26.4. The Kier molecular flexibility index (Phi) is 14.4. The van der Waals surface area contributed by atoms with Gasteiger partial charge < -0.3 is 24.3 Å². The number of hydrogen-bond donors (Lipinski definition) is 1. The Bertz CT molecular complexity index is 689. The van der Waals surface area contributed by atoms with E-state index in [1.807, 2.05) is 69.2 Å². The molecule has 0 aromatic rings. The first-order valence-electron chi connectivity index (χ1n) is 14.1. The van der Waals surface area contributed by atoms with Gasteiger partial charge >= 0.3 is 11.9 Å². The fraction of sp³-hybridized carbons (Fsp3) is 0.933. The van der Waals surface area contributed by atoms with Crippen LogP contribution in [0.5, 0.6) is 0 Å². The van der Waals surface area contributed by atoms with E-state index < -0.39 is 16.8 Å². The zero-order valence-corrected chi connectivity index (χ0v) is 26.4. The lowest BCUT2D eigenvalue weighted by molar-refractivity contribution is -0.157. The van der Waals surface area contributed by atoms with Gasteiger partial charge in [0.15, 0.2) is 0 Å². The third-order valence-corrected chi connectivity index (χ3v) is 6.27. The Labute approximate surface area is 228 Å². The first-order valence-corrected chi connectivity index (χ1v) is 14.1.